The van der Waals surface area contributed by atoms with Crippen LogP contribution in [0.25, 0.3) is 0 Å². The molecule has 0 saturated carbocycles. The minimum Gasteiger partial charge on any atom is -0.484 e. The van der Waals surface area contributed by atoms with Crippen molar-refractivity contribution >= 4 is 40.4 Å². The zero-order chi connectivity index (χ0) is 14.4. The van der Waals surface area contributed by atoms with Gasteiger partial charge in [-0.2, -0.15) is 0 Å². The number of ether oxygens (including phenoxy) is 1. The number of rotatable bonds is 5. The maximum absolute atomic E-state index is 10.6. The third kappa shape index (κ3) is 4.65. The molecule has 4 nitrogen and oxygen atoms in total. The van der Waals surface area contributed by atoms with Crippen LogP contribution in [0.1, 0.15) is 5.56 Å². The number of hydrogen-bond donors (Lipinski definition) is 1. The summed E-state index contributed by atoms with van der Waals surface area (Å²) in [5.74, 6) is 0.115. The number of benzene rings is 2. The lowest BCUT2D eigenvalue weighted by Gasteiger charge is -2.03. The van der Waals surface area contributed by atoms with Crippen molar-refractivity contribution in [3.05, 3.63) is 57.7 Å². The highest BCUT2D eigenvalue weighted by molar-refractivity contribution is 14.1. The van der Waals surface area contributed by atoms with E-state index in [2.05, 4.69) is 27.6 Å². The van der Waals surface area contributed by atoms with Crippen LogP contribution < -0.4 is 10.5 Å². The fraction of sp³-hybridized carbons (Fsp3) is 0.0667. The number of hydrogen-bond acceptors (Lipinski definition) is 3. The fourth-order valence-electron chi connectivity index (χ4n) is 1.48. The minimum atomic E-state index is -0.491. The number of amides is 1. The molecule has 0 fully saturated rings. The molecule has 0 saturated heterocycles. The Hall–Kier alpha value is -1.89. The van der Waals surface area contributed by atoms with Crippen LogP contribution >= 0.6 is 22.6 Å². The number of nitrogens with two attached hydrogens (primary N) is 1. The second kappa shape index (κ2) is 7.04. The molecule has 0 aliphatic rings. The van der Waals surface area contributed by atoms with Gasteiger partial charge in [-0.15, -0.1) is 0 Å². The number of carbonyl (C=O) groups excluding carboxylic acids is 1. The molecule has 0 heterocycles. The van der Waals surface area contributed by atoms with Gasteiger partial charge in [0.2, 0.25) is 0 Å². The molecule has 1 amide bonds. The van der Waals surface area contributed by atoms with Gasteiger partial charge in [-0.3, -0.25) is 9.79 Å². The van der Waals surface area contributed by atoms with Gasteiger partial charge in [0.1, 0.15) is 5.75 Å². The molecule has 0 radical (unpaired) electrons. The molecule has 0 aromatic heterocycles. The van der Waals surface area contributed by atoms with E-state index >= 15 is 0 Å². The van der Waals surface area contributed by atoms with E-state index in [1.165, 1.54) is 3.57 Å². The molecule has 0 bridgehead atoms. The first-order valence-electron chi connectivity index (χ1n) is 5.94. The molecule has 0 aliphatic carbocycles. The van der Waals surface area contributed by atoms with E-state index in [-0.39, 0.29) is 6.61 Å². The van der Waals surface area contributed by atoms with Crippen molar-refractivity contribution in [2.45, 2.75) is 0 Å². The van der Waals surface area contributed by atoms with Crippen molar-refractivity contribution in [2.24, 2.45) is 10.7 Å². The van der Waals surface area contributed by atoms with E-state index in [1.807, 2.05) is 36.4 Å². The summed E-state index contributed by atoms with van der Waals surface area (Å²) < 4.78 is 6.36. The monoisotopic (exact) mass is 380 g/mol. The largest absolute Gasteiger partial charge is 0.484 e. The standard InChI is InChI=1S/C15H13IN2O2/c16-12-3-5-13(6-4-12)18-9-11-1-7-14(8-2-11)20-10-15(17)19/h1-9H,10H2,(H2,17,19). The molecular formula is C15H13IN2O2. The van der Waals surface area contributed by atoms with Crippen LogP contribution in [0.3, 0.4) is 0 Å². The average Bonchev–Trinajstić information content (AvgIpc) is 2.45. The maximum Gasteiger partial charge on any atom is 0.255 e. The summed E-state index contributed by atoms with van der Waals surface area (Å²) in [4.78, 5) is 15.0. The third-order valence-electron chi connectivity index (χ3n) is 2.45. The Labute approximate surface area is 130 Å². The molecule has 0 aliphatic heterocycles. The van der Waals surface area contributed by atoms with Crippen molar-refractivity contribution < 1.29 is 9.53 Å². The van der Waals surface area contributed by atoms with Crippen LogP contribution in [0.5, 0.6) is 5.75 Å². The van der Waals surface area contributed by atoms with Gasteiger partial charge in [0, 0.05) is 9.78 Å². The van der Waals surface area contributed by atoms with Crippen LogP contribution in [0.15, 0.2) is 53.5 Å². The Morgan fingerprint density at radius 3 is 2.40 bits per heavy atom. The molecule has 20 heavy (non-hydrogen) atoms. The number of primary amides is 1. The number of halogens is 1. The van der Waals surface area contributed by atoms with Crippen molar-refractivity contribution in [1.82, 2.24) is 0 Å². The second-order valence-electron chi connectivity index (χ2n) is 4.06. The molecule has 2 rings (SSSR count). The number of carbonyl (C=O) groups is 1. The Balaban J connectivity index is 1.99. The third-order valence-corrected chi connectivity index (χ3v) is 3.17. The van der Waals surface area contributed by atoms with Gasteiger partial charge in [0.25, 0.3) is 5.91 Å². The molecule has 2 aromatic carbocycles. The van der Waals surface area contributed by atoms with E-state index < -0.39 is 5.91 Å². The highest BCUT2D eigenvalue weighted by Gasteiger charge is 1.97. The second-order valence-corrected chi connectivity index (χ2v) is 5.30. The van der Waals surface area contributed by atoms with E-state index in [4.69, 9.17) is 10.5 Å². The SMILES string of the molecule is NC(=O)COc1ccc(C=Nc2ccc(I)cc2)cc1. The first kappa shape index (κ1) is 14.5. The Morgan fingerprint density at radius 1 is 1.15 bits per heavy atom. The molecule has 0 spiro atoms. The molecule has 0 atom stereocenters. The summed E-state index contributed by atoms with van der Waals surface area (Å²) in [7, 11) is 0. The summed E-state index contributed by atoms with van der Waals surface area (Å²) in [6.45, 7) is -0.115. The summed E-state index contributed by atoms with van der Waals surface area (Å²) in [5.41, 5.74) is 6.86. The predicted molar refractivity (Wildman–Crippen MR) is 87.5 cm³/mol. The van der Waals surface area contributed by atoms with Crippen LogP contribution in [0.4, 0.5) is 5.69 Å². The van der Waals surface area contributed by atoms with Crippen LogP contribution in [0, 0.1) is 3.57 Å². The Morgan fingerprint density at radius 2 is 1.80 bits per heavy atom. The van der Waals surface area contributed by atoms with E-state index in [0.29, 0.717) is 5.75 Å². The summed E-state index contributed by atoms with van der Waals surface area (Å²) >= 11 is 2.25. The van der Waals surface area contributed by atoms with Gasteiger partial charge in [0.05, 0.1) is 5.69 Å². The molecule has 2 aromatic rings. The van der Waals surface area contributed by atoms with E-state index in [9.17, 15) is 4.79 Å². The van der Waals surface area contributed by atoms with Gasteiger partial charge in [-0.1, -0.05) is 0 Å². The van der Waals surface area contributed by atoms with Gasteiger partial charge >= 0.3 is 0 Å². The fourth-order valence-corrected chi connectivity index (χ4v) is 1.84. The smallest absolute Gasteiger partial charge is 0.255 e. The Bertz CT molecular complexity index is 607. The molecular weight excluding hydrogens is 367 g/mol. The van der Waals surface area contributed by atoms with Crippen molar-refractivity contribution in [3.8, 4) is 5.75 Å². The lowest BCUT2D eigenvalue weighted by atomic mass is 10.2. The normalized spacial score (nSPS) is 10.7. The highest BCUT2D eigenvalue weighted by Crippen LogP contribution is 2.15. The number of aliphatic imine (C=N–C) groups is 1. The van der Waals surface area contributed by atoms with Crippen molar-refractivity contribution in [1.29, 1.82) is 0 Å². The Kier molecular flexibility index (Phi) is 5.11. The van der Waals surface area contributed by atoms with Gasteiger partial charge < -0.3 is 10.5 Å². The topological polar surface area (TPSA) is 64.7 Å². The summed E-state index contributed by atoms with van der Waals surface area (Å²) in [5, 5.41) is 0. The molecule has 0 unspecified atom stereocenters. The van der Waals surface area contributed by atoms with Crippen LogP contribution in [0.2, 0.25) is 0 Å². The molecule has 5 heteroatoms. The van der Waals surface area contributed by atoms with Crippen LogP contribution in [-0.4, -0.2) is 18.7 Å². The summed E-state index contributed by atoms with van der Waals surface area (Å²) in [6, 6.07) is 15.2. The average molecular weight is 380 g/mol. The molecule has 2 N–H and O–H groups in total. The first-order valence-corrected chi connectivity index (χ1v) is 7.02. The highest BCUT2D eigenvalue weighted by atomic mass is 127. The van der Waals surface area contributed by atoms with Crippen LogP contribution in [-0.2, 0) is 4.79 Å². The van der Waals surface area contributed by atoms with Gasteiger partial charge in [-0.05, 0) is 76.7 Å². The van der Waals surface area contributed by atoms with E-state index in [0.717, 1.165) is 11.3 Å². The first-order chi connectivity index (χ1) is 9.63. The predicted octanol–water partition coefficient (Wildman–Crippen LogP) is 2.91. The quantitative estimate of drug-likeness (QED) is 0.641. The lowest BCUT2D eigenvalue weighted by molar-refractivity contribution is -0.119. The van der Waals surface area contributed by atoms with Gasteiger partial charge in [0.15, 0.2) is 6.61 Å². The van der Waals surface area contributed by atoms with Crippen molar-refractivity contribution in [2.75, 3.05) is 6.61 Å². The van der Waals surface area contributed by atoms with Gasteiger partial charge in [-0.25, -0.2) is 0 Å². The zero-order valence-electron chi connectivity index (χ0n) is 10.6. The van der Waals surface area contributed by atoms with Crippen molar-refractivity contribution in [3.63, 3.8) is 0 Å². The zero-order valence-corrected chi connectivity index (χ0v) is 12.8. The minimum absolute atomic E-state index is 0.115. The lowest BCUT2D eigenvalue weighted by Crippen LogP contribution is -2.19. The maximum atomic E-state index is 10.6. The number of nitrogens with zero attached hydrogens (tertiary/aromatic N) is 1. The molecule has 102 valence electrons. The summed E-state index contributed by atoms with van der Waals surface area (Å²) in [6.07, 6.45) is 1.78. The van der Waals surface area contributed by atoms with E-state index in [1.54, 1.807) is 18.3 Å².